The normalized spacial score (nSPS) is 11.0. The molecule has 0 atom stereocenters. The number of aldehydes is 1. The van der Waals surface area contributed by atoms with Gasteiger partial charge in [0.25, 0.3) is 5.69 Å². The van der Waals surface area contributed by atoms with E-state index in [1.165, 1.54) is 12.1 Å². The van der Waals surface area contributed by atoms with Crippen molar-refractivity contribution >= 4 is 22.9 Å². The zero-order chi connectivity index (χ0) is 18.8. The van der Waals surface area contributed by atoms with Crippen molar-refractivity contribution in [3.8, 4) is 0 Å². The Balaban J connectivity index is 1.93. The van der Waals surface area contributed by atoms with E-state index in [4.69, 9.17) is 0 Å². The van der Waals surface area contributed by atoms with Crippen LogP contribution in [-0.2, 0) is 13.1 Å². The first-order chi connectivity index (χ1) is 13.2. The molecule has 2 aromatic carbocycles. The molecular weight excluding hydrogens is 344 g/mol. The first-order valence-electron chi connectivity index (χ1n) is 8.41. The number of nitrogens with zero attached hydrogens (tertiary/aromatic N) is 4. The molecule has 0 fully saturated rings. The molecule has 4 rings (SSSR count). The van der Waals surface area contributed by atoms with Crippen LogP contribution in [0.4, 0.5) is 5.69 Å². The third-order valence-corrected chi connectivity index (χ3v) is 4.60. The Kier molecular flexibility index (Phi) is 4.25. The van der Waals surface area contributed by atoms with Crippen LogP contribution in [0.3, 0.4) is 0 Å². The molecule has 0 aliphatic carbocycles. The number of rotatable bonds is 6. The van der Waals surface area contributed by atoms with E-state index in [1.54, 1.807) is 24.8 Å². The van der Waals surface area contributed by atoms with Crippen LogP contribution in [0.5, 0.6) is 0 Å². The Labute approximate surface area is 154 Å². The zero-order valence-electron chi connectivity index (χ0n) is 14.4. The van der Waals surface area contributed by atoms with Crippen LogP contribution in [0.1, 0.15) is 21.6 Å². The molecule has 0 spiro atoms. The van der Waals surface area contributed by atoms with Crippen LogP contribution >= 0.6 is 0 Å². The quantitative estimate of drug-likeness (QED) is 0.298. The highest BCUT2D eigenvalue weighted by atomic mass is 16.6. The van der Waals surface area contributed by atoms with Gasteiger partial charge >= 0.3 is 0 Å². The lowest BCUT2D eigenvalue weighted by molar-refractivity contribution is -0.384. The zero-order valence-corrected chi connectivity index (χ0v) is 14.4. The Bertz CT molecular complexity index is 1120. The second-order valence-electron chi connectivity index (χ2n) is 6.25. The van der Waals surface area contributed by atoms with Gasteiger partial charge in [-0.25, -0.2) is 4.98 Å². The molecule has 0 aliphatic heterocycles. The van der Waals surface area contributed by atoms with Gasteiger partial charge in [-0.3, -0.25) is 14.9 Å². The molecule has 7 nitrogen and oxygen atoms in total. The maximum atomic E-state index is 12.0. The summed E-state index contributed by atoms with van der Waals surface area (Å²) in [5.74, 6) is 0. The minimum absolute atomic E-state index is 0.00342. The lowest BCUT2D eigenvalue weighted by Crippen LogP contribution is -2.06. The van der Waals surface area contributed by atoms with E-state index in [0.717, 1.165) is 22.9 Å². The highest BCUT2D eigenvalue weighted by Gasteiger charge is 2.20. The molecule has 0 saturated heterocycles. The smallest absolute Gasteiger partial charge is 0.270 e. The molecule has 0 amide bonds. The molecule has 2 heterocycles. The van der Waals surface area contributed by atoms with Gasteiger partial charge in [0.2, 0.25) is 0 Å². The number of hydrogen-bond acceptors (Lipinski definition) is 4. The SMILES string of the molecule is O=Cc1c(Cn2ccnc2)c2cc([N+](=O)[O-])ccc2n1Cc1ccccc1. The van der Waals surface area contributed by atoms with Crippen LogP contribution in [0, 0.1) is 10.1 Å². The lowest BCUT2D eigenvalue weighted by Gasteiger charge is -2.08. The molecule has 0 N–H and O–H groups in total. The van der Waals surface area contributed by atoms with Crippen LogP contribution in [-0.4, -0.2) is 25.3 Å². The molecule has 134 valence electrons. The van der Waals surface area contributed by atoms with E-state index < -0.39 is 4.92 Å². The third kappa shape index (κ3) is 3.10. The van der Waals surface area contributed by atoms with Crippen molar-refractivity contribution in [2.24, 2.45) is 0 Å². The Morgan fingerprint density at radius 2 is 1.93 bits per heavy atom. The first kappa shape index (κ1) is 16.7. The number of carbonyl (C=O) groups excluding carboxylic acids is 1. The van der Waals surface area contributed by atoms with E-state index >= 15 is 0 Å². The molecule has 7 heteroatoms. The summed E-state index contributed by atoms with van der Waals surface area (Å²) >= 11 is 0. The van der Waals surface area contributed by atoms with E-state index in [1.807, 2.05) is 39.5 Å². The largest absolute Gasteiger partial charge is 0.334 e. The number of fused-ring (bicyclic) bond motifs is 1. The van der Waals surface area contributed by atoms with Gasteiger partial charge < -0.3 is 9.13 Å². The van der Waals surface area contributed by atoms with Gasteiger partial charge in [0.15, 0.2) is 6.29 Å². The summed E-state index contributed by atoms with van der Waals surface area (Å²) in [5, 5.41) is 11.9. The fourth-order valence-corrected chi connectivity index (χ4v) is 3.35. The number of nitro benzene ring substituents is 1. The summed E-state index contributed by atoms with van der Waals surface area (Å²) in [6, 6.07) is 14.5. The third-order valence-electron chi connectivity index (χ3n) is 4.60. The average Bonchev–Trinajstić information content (AvgIpc) is 3.29. The van der Waals surface area contributed by atoms with E-state index in [0.29, 0.717) is 24.2 Å². The summed E-state index contributed by atoms with van der Waals surface area (Å²) in [4.78, 5) is 26.8. The van der Waals surface area contributed by atoms with Gasteiger partial charge in [0.1, 0.15) is 0 Å². The van der Waals surface area contributed by atoms with Gasteiger partial charge in [-0.2, -0.15) is 0 Å². The molecular formula is C20H16N4O3. The maximum Gasteiger partial charge on any atom is 0.270 e. The van der Waals surface area contributed by atoms with E-state index in [9.17, 15) is 14.9 Å². The lowest BCUT2D eigenvalue weighted by atomic mass is 10.1. The van der Waals surface area contributed by atoms with Crippen molar-refractivity contribution < 1.29 is 9.72 Å². The standard InChI is InChI=1S/C20H16N4O3/c25-13-20-18(12-22-9-8-21-14-22)17-10-16(24(26)27)6-7-19(17)23(20)11-15-4-2-1-3-5-15/h1-10,13-14H,11-12H2. The average molecular weight is 360 g/mol. The maximum absolute atomic E-state index is 12.0. The fraction of sp³-hybridized carbons (Fsp3) is 0.100. The molecule has 2 aromatic heterocycles. The highest BCUT2D eigenvalue weighted by molar-refractivity contribution is 5.94. The van der Waals surface area contributed by atoms with Crippen LogP contribution in [0.2, 0.25) is 0 Å². The van der Waals surface area contributed by atoms with Crippen molar-refractivity contribution in [3.63, 3.8) is 0 Å². The number of imidazole rings is 1. The molecule has 0 saturated carbocycles. The van der Waals surface area contributed by atoms with Gasteiger partial charge in [0.05, 0.1) is 23.5 Å². The molecule has 0 aliphatic rings. The fourth-order valence-electron chi connectivity index (χ4n) is 3.35. The van der Waals surface area contributed by atoms with Gasteiger partial charge in [-0.1, -0.05) is 30.3 Å². The van der Waals surface area contributed by atoms with Gasteiger partial charge in [0, 0.05) is 47.5 Å². The second kappa shape index (κ2) is 6.87. The predicted octanol–water partition coefficient (Wildman–Crippen LogP) is 3.66. The van der Waals surface area contributed by atoms with E-state index in [-0.39, 0.29) is 5.69 Å². The monoisotopic (exact) mass is 360 g/mol. The van der Waals surface area contributed by atoms with Crippen LogP contribution < -0.4 is 0 Å². The first-order valence-corrected chi connectivity index (χ1v) is 8.41. The highest BCUT2D eigenvalue weighted by Crippen LogP contribution is 2.30. The van der Waals surface area contributed by atoms with E-state index in [2.05, 4.69) is 4.98 Å². The number of non-ortho nitro benzene ring substituents is 1. The van der Waals surface area contributed by atoms with Crippen molar-refractivity contribution in [2.45, 2.75) is 13.1 Å². The summed E-state index contributed by atoms with van der Waals surface area (Å²) in [6.45, 7) is 0.917. The number of aromatic nitrogens is 3. The molecule has 0 bridgehead atoms. The second-order valence-corrected chi connectivity index (χ2v) is 6.25. The minimum Gasteiger partial charge on any atom is -0.334 e. The number of benzene rings is 2. The molecule has 4 aromatic rings. The summed E-state index contributed by atoms with van der Waals surface area (Å²) in [5.41, 5.74) is 3.11. The van der Waals surface area contributed by atoms with Crippen molar-refractivity contribution in [3.05, 3.63) is 94.2 Å². The summed E-state index contributed by atoms with van der Waals surface area (Å²) < 4.78 is 3.75. The Morgan fingerprint density at radius 1 is 1.11 bits per heavy atom. The summed E-state index contributed by atoms with van der Waals surface area (Å²) in [7, 11) is 0. The number of hydrogen-bond donors (Lipinski definition) is 0. The van der Waals surface area contributed by atoms with Crippen LogP contribution in [0.15, 0.2) is 67.3 Å². The topological polar surface area (TPSA) is 83.0 Å². The molecule has 27 heavy (non-hydrogen) atoms. The molecule has 0 unspecified atom stereocenters. The van der Waals surface area contributed by atoms with Gasteiger partial charge in [-0.15, -0.1) is 0 Å². The van der Waals surface area contributed by atoms with Crippen molar-refractivity contribution in [2.75, 3.05) is 0 Å². The molecule has 0 radical (unpaired) electrons. The van der Waals surface area contributed by atoms with Gasteiger partial charge in [-0.05, 0) is 11.6 Å². The predicted molar refractivity (Wildman–Crippen MR) is 101 cm³/mol. The Morgan fingerprint density at radius 3 is 2.59 bits per heavy atom. The Hall–Kier alpha value is -3.74. The van der Waals surface area contributed by atoms with Crippen molar-refractivity contribution in [1.29, 1.82) is 0 Å². The summed E-state index contributed by atoms with van der Waals surface area (Å²) in [6.07, 6.45) is 5.94. The minimum atomic E-state index is -0.421. The number of nitro groups is 1. The van der Waals surface area contributed by atoms with Crippen molar-refractivity contribution in [1.82, 2.24) is 14.1 Å². The number of carbonyl (C=O) groups is 1. The van der Waals surface area contributed by atoms with Crippen LogP contribution in [0.25, 0.3) is 10.9 Å².